The summed E-state index contributed by atoms with van der Waals surface area (Å²) in [7, 11) is 0. The van der Waals surface area contributed by atoms with Crippen LogP contribution in [0.2, 0.25) is 0 Å². The molecule has 1 aliphatic carbocycles. The van der Waals surface area contributed by atoms with E-state index in [0.717, 1.165) is 31.9 Å². The Hall–Kier alpha value is -2.14. The van der Waals surface area contributed by atoms with Crippen LogP contribution in [0, 0.1) is 5.92 Å². The first kappa shape index (κ1) is 15.4. The number of ether oxygens (including phenoxy) is 1. The molecular weight excluding hydrogens is 304 g/mol. The van der Waals surface area contributed by atoms with E-state index in [1.807, 2.05) is 17.0 Å². The number of hydrogen-bond acceptors (Lipinski definition) is 4. The van der Waals surface area contributed by atoms with Crippen molar-refractivity contribution in [3.63, 3.8) is 0 Å². The molecule has 1 saturated heterocycles. The van der Waals surface area contributed by atoms with Gasteiger partial charge in [-0.3, -0.25) is 9.78 Å². The third-order valence-electron chi connectivity index (χ3n) is 4.95. The van der Waals surface area contributed by atoms with Gasteiger partial charge in [-0.15, -0.1) is 0 Å². The number of hydrogen-bond donors (Lipinski definition) is 0. The summed E-state index contributed by atoms with van der Waals surface area (Å²) in [5.41, 5.74) is 1.79. The summed E-state index contributed by atoms with van der Waals surface area (Å²) in [4.78, 5) is 18.8. The third-order valence-corrected chi connectivity index (χ3v) is 4.95. The van der Waals surface area contributed by atoms with Gasteiger partial charge >= 0.3 is 0 Å². The molecule has 2 aromatic rings. The third kappa shape index (κ3) is 3.36. The Morgan fingerprint density at radius 2 is 2.08 bits per heavy atom. The van der Waals surface area contributed by atoms with Crippen molar-refractivity contribution >= 4 is 5.91 Å². The Bertz CT molecular complexity index is 667. The first-order chi connectivity index (χ1) is 11.8. The highest BCUT2D eigenvalue weighted by Crippen LogP contribution is 2.32. The number of likely N-dealkylation sites (tertiary alicyclic amines) is 1. The van der Waals surface area contributed by atoms with E-state index in [0.29, 0.717) is 5.56 Å². The van der Waals surface area contributed by atoms with Gasteiger partial charge in [0.2, 0.25) is 0 Å². The van der Waals surface area contributed by atoms with Crippen molar-refractivity contribution in [1.82, 2.24) is 9.88 Å². The molecule has 2 aliphatic rings. The molecule has 1 aliphatic heterocycles. The van der Waals surface area contributed by atoms with E-state index in [2.05, 4.69) is 4.98 Å². The maximum absolute atomic E-state index is 12.8. The number of pyridine rings is 1. The number of furan rings is 1. The van der Waals surface area contributed by atoms with Crippen molar-refractivity contribution in [2.75, 3.05) is 13.2 Å². The summed E-state index contributed by atoms with van der Waals surface area (Å²) in [6.07, 6.45) is 11.0. The van der Waals surface area contributed by atoms with E-state index in [1.54, 1.807) is 24.7 Å². The topological polar surface area (TPSA) is 55.6 Å². The quantitative estimate of drug-likeness (QED) is 0.819. The van der Waals surface area contributed by atoms with E-state index >= 15 is 0 Å². The fraction of sp³-hybridized carbons (Fsp3) is 0.474. The highest BCUT2D eigenvalue weighted by Gasteiger charge is 2.39. The molecule has 0 spiro atoms. The molecular formula is C19H22N2O3. The second-order valence-electron chi connectivity index (χ2n) is 6.74. The zero-order chi connectivity index (χ0) is 16.4. The standard InChI is InChI=1S/C19H22N2O3/c22-19(16-6-10-23-13-16)21-9-5-18(24-12-15-1-2-15)17(21)11-14-3-7-20-8-4-14/h3-4,6-8,10,13,15,17-18H,1-2,5,9,11-12H2/t17-,18-/m1/s1. The Morgan fingerprint density at radius 1 is 1.25 bits per heavy atom. The first-order valence-electron chi connectivity index (χ1n) is 8.65. The summed E-state index contributed by atoms with van der Waals surface area (Å²) in [5, 5.41) is 0. The van der Waals surface area contributed by atoms with Gasteiger partial charge in [0.25, 0.3) is 5.91 Å². The maximum atomic E-state index is 12.8. The molecule has 0 radical (unpaired) electrons. The molecule has 1 amide bonds. The van der Waals surface area contributed by atoms with Crippen LogP contribution in [0.15, 0.2) is 47.5 Å². The smallest absolute Gasteiger partial charge is 0.257 e. The zero-order valence-corrected chi connectivity index (χ0v) is 13.6. The number of rotatable bonds is 6. The lowest BCUT2D eigenvalue weighted by atomic mass is 10.0. The van der Waals surface area contributed by atoms with Crippen LogP contribution in [-0.4, -0.2) is 41.1 Å². The van der Waals surface area contributed by atoms with Crippen molar-refractivity contribution in [2.24, 2.45) is 5.92 Å². The average molecular weight is 326 g/mol. The van der Waals surface area contributed by atoms with E-state index in [4.69, 9.17) is 9.15 Å². The minimum Gasteiger partial charge on any atom is -0.472 e. The zero-order valence-electron chi connectivity index (χ0n) is 13.6. The van der Waals surface area contributed by atoms with Crippen LogP contribution in [0.25, 0.3) is 0 Å². The van der Waals surface area contributed by atoms with Crippen LogP contribution in [0.3, 0.4) is 0 Å². The van der Waals surface area contributed by atoms with Crippen LogP contribution in [-0.2, 0) is 11.2 Å². The predicted molar refractivity (Wildman–Crippen MR) is 88.6 cm³/mol. The van der Waals surface area contributed by atoms with Crippen molar-refractivity contribution in [1.29, 1.82) is 0 Å². The monoisotopic (exact) mass is 326 g/mol. The van der Waals surface area contributed by atoms with Gasteiger partial charge in [0.05, 0.1) is 24.0 Å². The number of nitrogens with zero attached hydrogens (tertiary/aromatic N) is 2. The van der Waals surface area contributed by atoms with Gasteiger partial charge in [-0.2, -0.15) is 0 Å². The lowest BCUT2D eigenvalue weighted by molar-refractivity contribution is 0.0200. The van der Waals surface area contributed by atoms with Gasteiger partial charge in [0, 0.05) is 25.5 Å². The largest absolute Gasteiger partial charge is 0.472 e. The summed E-state index contributed by atoms with van der Waals surface area (Å²) >= 11 is 0. The number of carbonyl (C=O) groups is 1. The highest BCUT2D eigenvalue weighted by molar-refractivity contribution is 5.94. The minimum absolute atomic E-state index is 0.0281. The molecule has 3 heterocycles. The Balaban J connectivity index is 1.51. The van der Waals surface area contributed by atoms with Gasteiger partial charge in [-0.1, -0.05) is 0 Å². The SMILES string of the molecule is O=C(c1ccoc1)N1CC[C@@H](OCC2CC2)[C@H]1Cc1ccncc1. The number of carbonyl (C=O) groups excluding carboxylic acids is 1. The van der Waals surface area contributed by atoms with Gasteiger partial charge in [-0.25, -0.2) is 0 Å². The highest BCUT2D eigenvalue weighted by atomic mass is 16.5. The molecule has 2 atom stereocenters. The van der Waals surface area contributed by atoms with E-state index < -0.39 is 0 Å². The fourth-order valence-electron chi connectivity index (χ4n) is 3.37. The molecule has 1 saturated carbocycles. The summed E-state index contributed by atoms with van der Waals surface area (Å²) in [5.74, 6) is 0.755. The second kappa shape index (κ2) is 6.77. The van der Waals surface area contributed by atoms with Crippen LogP contribution in [0.4, 0.5) is 0 Å². The molecule has 0 N–H and O–H groups in total. The van der Waals surface area contributed by atoms with Crippen LogP contribution < -0.4 is 0 Å². The summed E-state index contributed by atoms with van der Waals surface area (Å²) < 4.78 is 11.3. The first-order valence-corrected chi connectivity index (χ1v) is 8.65. The van der Waals surface area contributed by atoms with Crippen molar-refractivity contribution < 1.29 is 13.9 Å². The van der Waals surface area contributed by atoms with Gasteiger partial charge in [0.15, 0.2) is 0 Å². The predicted octanol–water partition coefficient (Wildman–Crippen LogP) is 2.93. The minimum atomic E-state index is 0.0281. The Kier molecular flexibility index (Phi) is 4.34. The molecule has 2 aromatic heterocycles. The summed E-state index contributed by atoms with van der Waals surface area (Å²) in [6, 6.07) is 5.81. The lowest BCUT2D eigenvalue weighted by Crippen LogP contribution is -2.42. The van der Waals surface area contributed by atoms with Crippen LogP contribution in [0.5, 0.6) is 0 Å². The van der Waals surface area contributed by atoms with Crippen molar-refractivity contribution in [2.45, 2.75) is 37.8 Å². The molecule has 126 valence electrons. The molecule has 24 heavy (non-hydrogen) atoms. The molecule has 5 heteroatoms. The lowest BCUT2D eigenvalue weighted by Gasteiger charge is -2.28. The number of amides is 1. The van der Waals surface area contributed by atoms with Crippen molar-refractivity contribution in [3.8, 4) is 0 Å². The second-order valence-corrected chi connectivity index (χ2v) is 6.74. The average Bonchev–Trinajstić information content (AvgIpc) is 3.12. The summed E-state index contributed by atoms with van der Waals surface area (Å²) in [6.45, 7) is 1.56. The molecule has 0 unspecified atom stereocenters. The van der Waals surface area contributed by atoms with Gasteiger partial charge in [-0.05, 0) is 55.4 Å². The molecule has 4 rings (SSSR count). The molecule has 0 bridgehead atoms. The van der Waals surface area contributed by atoms with Gasteiger partial charge in [0.1, 0.15) is 6.26 Å². The normalized spacial score (nSPS) is 23.6. The molecule has 2 fully saturated rings. The van der Waals surface area contributed by atoms with Crippen LogP contribution in [0.1, 0.15) is 35.2 Å². The van der Waals surface area contributed by atoms with Crippen molar-refractivity contribution in [3.05, 3.63) is 54.2 Å². The maximum Gasteiger partial charge on any atom is 0.257 e. The Labute approximate surface area is 141 Å². The van der Waals surface area contributed by atoms with E-state index in [9.17, 15) is 4.79 Å². The van der Waals surface area contributed by atoms with E-state index in [-0.39, 0.29) is 18.1 Å². The molecule has 0 aromatic carbocycles. The Morgan fingerprint density at radius 3 is 2.79 bits per heavy atom. The number of aromatic nitrogens is 1. The van der Waals surface area contributed by atoms with Gasteiger partial charge < -0.3 is 14.1 Å². The van der Waals surface area contributed by atoms with E-state index in [1.165, 1.54) is 24.7 Å². The van der Waals surface area contributed by atoms with Crippen LogP contribution >= 0.6 is 0 Å². The fourth-order valence-corrected chi connectivity index (χ4v) is 3.37. The molecule has 5 nitrogen and oxygen atoms in total.